The Hall–Kier alpha value is -7.90. The summed E-state index contributed by atoms with van der Waals surface area (Å²) in [6, 6.07) is 59.4. The van der Waals surface area contributed by atoms with E-state index in [9.17, 15) is 19.2 Å². The Bertz CT molecular complexity index is 3040. The molecule has 8 rings (SSSR count). The van der Waals surface area contributed by atoms with Crippen molar-refractivity contribution in [3.8, 4) is 11.1 Å². The normalized spacial score (nSPS) is 10.4. The Morgan fingerprint density at radius 1 is 0.486 bits per heavy atom. The lowest BCUT2D eigenvalue weighted by molar-refractivity contribution is 0.0942. The van der Waals surface area contributed by atoms with Crippen LogP contribution < -0.4 is 27.6 Å². The molecule has 0 heterocycles. The van der Waals surface area contributed by atoms with Crippen molar-refractivity contribution in [2.45, 2.75) is 39.8 Å². The van der Waals surface area contributed by atoms with E-state index in [-0.39, 0.29) is 36.2 Å². The predicted molar refractivity (Wildman–Crippen MR) is 285 cm³/mol. The molecular weight excluding hydrogens is 939 g/mol. The minimum absolute atomic E-state index is 0.0110. The van der Waals surface area contributed by atoms with Crippen LogP contribution >= 0.6 is 15.9 Å². The molecule has 0 spiro atoms. The summed E-state index contributed by atoms with van der Waals surface area (Å²) in [5.74, 6) is -0.224. The number of benzene rings is 8. The number of para-hydroxylation sites is 2. The lowest BCUT2D eigenvalue weighted by Crippen LogP contribution is -2.29. The highest BCUT2D eigenvalue weighted by molar-refractivity contribution is 9.10. The van der Waals surface area contributed by atoms with Gasteiger partial charge in [-0.05, 0) is 94.1 Å². The van der Waals surface area contributed by atoms with E-state index in [4.69, 9.17) is 21.5 Å². The standard InChI is InChI=1S/C29H26N2O2.C23H21BrN2O2.C6H7BO2/c1-20-25(22-8-3-2-4-9-22)11-7-12-26(20)29(33)31-19-21-14-16-23(17-15-21)28(32)18-24-10-5-6-13-27(24)30;1-15-19(6-4-7-20(15)24)23(28)26-14-16-9-11-17(12-10-16)22(27)13-18-5-2-3-8-21(18)25;8-7(9)6-4-2-1-3-5-6/h2-17H,18-19,30H2,1H3,(H,31,33);2-12H,13-14,25H2,1H3,(H,26,28);1-5,8-9H. The van der Waals surface area contributed by atoms with Crippen molar-refractivity contribution in [1.82, 2.24) is 10.6 Å². The maximum absolute atomic E-state index is 12.9. The average molecular weight is 994 g/mol. The molecule has 8 aromatic rings. The van der Waals surface area contributed by atoms with Crippen LogP contribution in [0.15, 0.2) is 199 Å². The Kier molecular flexibility index (Phi) is 18.7. The van der Waals surface area contributed by atoms with Gasteiger partial charge in [-0.15, -0.1) is 0 Å². The van der Waals surface area contributed by atoms with Gasteiger partial charge in [0.05, 0.1) is 0 Å². The van der Waals surface area contributed by atoms with Gasteiger partial charge in [0.2, 0.25) is 0 Å². The summed E-state index contributed by atoms with van der Waals surface area (Å²) in [6.07, 6.45) is 0.532. The van der Waals surface area contributed by atoms with Crippen molar-refractivity contribution in [3.63, 3.8) is 0 Å². The number of anilines is 2. The fourth-order valence-electron chi connectivity index (χ4n) is 7.40. The molecule has 0 radical (unpaired) electrons. The summed E-state index contributed by atoms with van der Waals surface area (Å²) >= 11 is 3.44. The number of Topliss-reactive ketones (excluding diaryl/α,β-unsaturated/α-hetero) is 2. The first-order valence-corrected chi connectivity index (χ1v) is 23.4. The second-order valence-corrected chi connectivity index (χ2v) is 17.3. The van der Waals surface area contributed by atoms with Gasteiger partial charge in [-0.1, -0.05) is 180 Å². The highest BCUT2D eigenvalue weighted by Gasteiger charge is 2.15. The van der Waals surface area contributed by atoms with Gasteiger partial charge in [0.25, 0.3) is 11.8 Å². The number of carbonyl (C=O) groups is 4. The van der Waals surface area contributed by atoms with Crippen LogP contribution in [0.4, 0.5) is 11.4 Å². The third-order valence-corrected chi connectivity index (χ3v) is 12.4. The van der Waals surface area contributed by atoms with Gasteiger partial charge in [-0.2, -0.15) is 0 Å². The molecule has 0 aliphatic carbocycles. The summed E-state index contributed by atoms with van der Waals surface area (Å²) < 4.78 is 0.905. The number of hydrogen-bond donors (Lipinski definition) is 6. The molecule has 0 unspecified atom stereocenters. The van der Waals surface area contributed by atoms with Gasteiger partial charge in [0.15, 0.2) is 11.6 Å². The molecule has 12 heteroatoms. The van der Waals surface area contributed by atoms with Crippen LogP contribution in [0.3, 0.4) is 0 Å². The van der Waals surface area contributed by atoms with Crippen molar-refractivity contribution < 1.29 is 29.2 Å². The van der Waals surface area contributed by atoms with E-state index >= 15 is 0 Å². The van der Waals surface area contributed by atoms with Gasteiger partial charge in [-0.25, -0.2) is 0 Å². The summed E-state index contributed by atoms with van der Waals surface area (Å²) in [6.45, 7) is 4.65. The summed E-state index contributed by atoms with van der Waals surface area (Å²) in [4.78, 5) is 50.3. The maximum Gasteiger partial charge on any atom is 0.488 e. The van der Waals surface area contributed by atoms with E-state index in [0.717, 1.165) is 49.0 Å². The molecule has 0 aromatic heterocycles. The zero-order chi connectivity index (χ0) is 50.0. The van der Waals surface area contributed by atoms with E-state index in [1.807, 2.05) is 141 Å². The molecule has 8 N–H and O–H groups in total. The molecule has 0 fully saturated rings. The quantitative estimate of drug-likeness (QED) is 0.0353. The third-order valence-electron chi connectivity index (χ3n) is 11.5. The highest BCUT2D eigenvalue weighted by Crippen LogP contribution is 2.26. The van der Waals surface area contributed by atoms with Crippen molar-refractivity contribution >= 4 is 63.3 Å². The molecule has 0 aliphatic rings. The minimum atomic E-state index is -1.34. The van der Waals surface area contributed by atoms with Crippen LogP contribution in [0, 0.1) is 13.8 Å². The molecule has 0 aliphatic heterocycles. The zero-order valence-electron chi connectivity index (χ0n) is 38.9. The highest BCUT2D eigenvalue weighted by atomic mass is 79.9. The van der Waals surface area contributed by atoms with Gasteiger partial charge < -0.3 is 32.1 Å². The molecule has 0 atom stereocenters. The van der Waals surface area contributed by atoms with Crippen LogP contribution in [0.2, 0.25) is 0 Å². The fraction of sp³-hybridized carbons (Fsp3) is 0.103. The molecule has 70 heavy (non-hydrogen) atoms. The number of nitrogens with one attached hydrogen (secondary N) is 2. The van der Waals surface area contributed by atoms with E-state index in [2.05, 4.69) is 26.6 Å². The minimum Gasteiger partial charge on any atom is -0.423 e. The monoisotopic (exact) mass is 992 g/mol. The van der Waals surface area contributed by atoms with Crippen LogP contribution in [0.5, 0.6) is 0 Å². The SMILES string of the molecule is Cc1c(Br)cccc1C(=O)NCc1ccc(C(=O)Cc2ccccc2N)cc1.Cc1c(C(=O)NCc2ccc(C(=O)Cc3ccccc3N)cc2)cccc1-c1ccccc1.OB(O)c1ccccc1. The average Bonchev–Trinajstić information content (AvgIpc) is 3.38. The smallest absolute Gasteiger partial charge is 0.423 e. The molecule has 0 saturated heterocycles. The van der Waals surface area contributed by atoms with Gasteiger partial charge in [0, 0.05) is 64.0 Å². The van der Waals surface area contributed by atoms with Gasteiger partial charge >= 0.3 is 7.12 Å². The Morgan fingerprint density at radius 3 is 1.34 bits per heavy atom. The molecular formula is C58H54BBrN4O6. The van der Waals surface area contributed by atoms with Gasteiger partial charge in [0.1, 0.15) is 0 Å². The summed E-state index contributed by atoms with van der Waals surface area (Å²) in [7, 11) is -1.34. The van der Waals surface area contributed by atoms with Crippen LogP contribution in [0.1, 0.15) is 74.8 Å². The molecule has 352 valence electrons. The Labute approximate surface area is 417 Å². The number of hydrogen-bond acceptors (Lipinski definition) is 8. The summed E-state index contributed by atoms with van der Waals surface area (Å²) in [5.41, 5.74) is 23.7. The topological polar surface area (TPSA) is 185 Å². The lowest BCUT2D eigenvalue weighted by atomic mass is 9.81. The molecule has 10 nitrogen and oxygen atoms in total. The second kappa shape index (κ2) is 25.5. The second-order valence-electron chi connectivity index (χ2n) is 16.4. The zero-order valence-corrected chi connectivity index (χ0v) is 40.5. The number of carbonyl (C=O) groups excluding carboxylic acids is 4. The van der Waals surface area contributed by atoms with Crippen molar-refractivity contribution in [2.75, 3.05) is 11.5 Å². The first kappa shape index (κ1) is 51.5. The summed E-state index contributed by atoms with van der Waals surface area (Å²) in [5, 5.41) is 23.1. The van der Waals surface area contributed by atoms with E-state index in [0.29, 0.717) is 52.2 Å². The van der Waals surface area contributed by atoms with Crippen molar-refractivity contribution in [2.24, 2.45) is 0 Å². The van der Waals surface area contributed by atoms with Crippen LogP contribution in [-0.2, 0) is 25.9 Å². The molecule has 2 amide bonds. The van der Waals surface area contributed by atoms with Crippen molar-refractivity contribution in [1.29, 1.82) is 0 Å². The lowest BCUT2D eigenvalue weighted by Gasteiger charge is -2.12. The number of rotatable bonds is 14. The number of amides is 2. The van der Waals surface area contributed by atoms with Crippen molar-refractivity contribution in [3.05, 3.63) is 254 Å². The third kappa shape index (κ3) is 14.6. The number of ketones is 2. The maximum atomic E-state index is 12.9. The number of nitrogens with two attached hydrogens (primary N) is 2. The Balaban J connectivity index is 0.000000197. The fourth-order valence-corrected chi connectivity index (χ4v) is 7.77. The van der Waals surface area contributed by atoms with Gasteiger partial charge in [-0.3, -0.25) is 19.2 Å². The predicted octanol–water partition coefficient (Wildman–Crippen LogP) is 9.66. The van der Waals surface area contributed by atoms with Crippen LogP contribution in [-0.4, -0.2) is 40.5 Å². The molecule has 8 aromatic carbocycles. The first-order chi connectivity index (χ1) is 33.8. The molecule has 0 saturated carbocycles. The first-order valence-electron chi connectivity index (χ1n) is 22.6. The molecule has 0 bridgehead atoms. The number of nitrogen functional groups attached to an aromatic ring is 2. The van der Waals surface area contributed by atoms with E-state index in [1.54, 1.807) is 66.7 Å². The van der Waals surface area contributed by atoms with E-state index < -0.39 is 7.12 Å². The van der Waals surface area contributed by atoms with E-state index in [1.165, 1.54) is 0 Å². The number of halogens is 1. The Morgan fingerprint density at radius 2 is 0.900 bits per heavy atom. The largest absolute Gasteiger partial charge is 0.488 e. The van der Waals surface area contributed by atoms with Crippen LogP contribution in [0.25, 0.3) is 11.1 Å².